The van der Waals surface area contributed by atoms with Crippen LogP contribution in [0.25, 0.3) is 5.70 Å². The SMILES string of the molecule is C=C(c1ccc(CC(C)CCCC)c(N)c1)N1CCNCC1. The number of nitrogens with zero attached hydrogens (tertiary/aromatic N) is 1. The highest BCUT2D eigenvalue weighted by Crippen LogP contribution is 2.25. The van der Waals surface area contributed by atoms with Crippen molar-refractivity contribution >= 4 is 11.4 Å². The number of unbranched alkanes of at least 4 members (excludes halogenated alkanes) is 1. The van der Waals surface area contributed by atoms with E-state index < -0.39 is 0 Å². The lowest BCUT2D eigenvalue weighted by atomic mass is 9.94. The molecule has 1 aromatic rings. The van der Waals surface area contributed by atoms with Crippen molar-refractivity contribution in [1.82, 2.24) is 10.2 Å². The Morgan fingerprint density at radius 3 is 2.73 bits per heavy atom. The van der Waals surface area contributed by atoms with E-state index >= 15 is 0 Å². The average molecular weight is 301 g/mol. The molecular formula is C19H31N3. The molecule has 1 aliphatic heterocycles. The van der Waals surface area contributed by atoms with Crippen LogP contribution in [0, 0.1) is 5.92 Å². The topological polar surface area (TPSA) is 41.3 Å². The summed E-state index contributed by atoms with van der Waals surface area (Å²) in [6, 6.07) is 6.48. The van der Waals surface area contributed by atoms with Gasteiger partial charge in [0.1, 0.15) is 0 Å². The molecule has 122 valence electrons. The second-order valence-electron chi connectivity index (χ2n) is 6.55. The number of benzene rings is 1. The molecule has 1 heterocycles. The molecule has 1 aromatic carbocycles. The van der Waals surface area contributed by atoms with Crippen LogP contribution in [0.1, 0.15) is 44.2 Å². The first-order valence-electron chi connectivity index (χ1n) is 8.65. The molecule has 22 heavy (non-hydrogen) atoms. The van der Waals surface area contributed by atoms with Gasteiger partial charge in [0.2, 0.25) is 0 Å². The van der Waals surface area contributed by atoms with E-state index in [2.05, 4.69) is 48.8 Å². The number of nitrogens with one attached hydrogen (secondary N) is 1. The van der Waals surface area contributed by atoms with E-state index in [1.54, 1.807) is 0 Å². The molecule has 1 unspecified atom stereocenters. The summed E-state index contributed by atoms with van der Waals surface area (Å²) in [6.07, 6.45) is 4.93. The van der Waals surface area contributed by atoms with Gasteiger partial charge in [-0.05, 0) is 29.5 Å². The Morgan fingerprint density at radius 1 is 1.36 bits per heavy atom. The third-order valence-corrected chi connectivity index (χ3v) is 4.60. The Morgan fingerprint density at radius 2 is 2.09 bits per heavy atom. The molecule has 0 spiro atoms. The highest BCUT2D eigenvalue weighted by molar-refractivity contribution is 5.67. The number of piperazine rings is 1. The van der Waals surface area contributed by atoms with E-state index in [-0.39, 0.29) is 0 Å². The van der Waals surface area contributed by atoms with Gasteiger partial charge in [0.25, 0.3) is 0 Å². The predicted octanol–water partition coefficient (Wildman–Crippen LogP) is 3.51. The maximum absolute atomic E-state index is 6.29. The lowest BCUT2D eigenvalue weighted by Gasteiger charge is -2.31. The zero-order chi connectivity index (χ0) is 15.9. The molecule has 0 amide bonds. The van der Waals surface area contributed by atoms with Gasteiger partial charge in [0.05, 0.1) is 0 Å². The quantitative estimate of drug-likeness (QED) is 0.757. The summed E-state index contributed by atoms with van der Waals surface area (Å²) in [5, 5.41) is 3.37. The first-order chi connectivity index (χ1) is 10.6. The second kappa shape index (κ2) is 8.23. The molecule has 1 atom stereocenters. The van der Waals surface area contributed by atoms with Crippen molar-refractivity contribution in [2.75, 3.05) is 31.9 Å². The van der Waals surface area contributed by atoms with Crippen LogP contribution in [0.3, 0.4) is 0 Å². The van der Waals surface area contributed by atoms with E-state index in [1.165, 1.54) is 24.8 Å². The molecule has 0 aliphatic carbocycles. The predicted molar refractivity (Wildman–Crippen MR) is 96.7 cm³/mol. The lowest BCUT2D eigenvalue weighted by Crippen LogP contribution is -2.42. The van der Waals surface area contributed by atoms with E-state index in [4.69, 9.17) is 5.73 Å². The van der Waals surface area contributed by atoms with E-state index in [0.717, 1.165) is 49.5 Å². The lowest BCUT2D eigenvalue weighted by molar-refractivity contribution is 0.341. The molecule has 3 N–H and O–H groups in total. The van der Waals surface area contributed by atoms with E-state index in [1.807, 2.05) is 0 Å². The van der Waals surface area contributed by atoms with Gasteiger partial charge in [-0.15, -0.1) is 0 Å². The smallest absolute Gasteiger partial charge is 0.0368 e. The molecule has 1 aliphatic rings. The van der Waals surface area contributed by atoms with Crippen LogP contribution in [0.2, 0.25) is 0 Å². The van der Waals surface area contributed by atoms with Gasteiger partial charge < -0.3 is 16.0 Å². The van der Waals surface area contributed by atoms with Crippen molar-refractivity contribution in [3.05, 3.63) is 35.9 Å². The van der Waals surface area contributed by atoms with Crippen LogP contribution < -0.4 is 11.1 Å². The molecule has 0 radical (unpaired) electrons. The van der Waals surface area contributed by atoms with E-state index in [9.17, 15) is 0 Å². The Hall–Kier alpha value is -1.48. The minimum atomic E-state index is 0.699. The second-order valence-corrected chi connectivity index (χ2v) is 6.55. The molecular weight excluding hydrogens is 270 g/mol. The summed E-state index contributed by atoms with van der Waals surface area (Å²) in [5.41, 5.74) is 10.7. The van der Waals surface area contributed by atoms with E-state index in [0.29, 0.717) is 5.92 Å². The Bertz CT molecular complexity index is 489. The van der Waals surface area contributed by atoms with Crippen LogP contribution >= 0.6 is 0 Å². The van der Waals surface area contributed by atoms with Gasteiger partial charge in [0, 0.05) is 37.6 Å². The normalized spacial score (nSPS) is 16.5. The van der Waals surface area contributed by atoms with Gasteiger partial charge in [-0.2, -0.15) is 0 Å². The zero-order valence-corrected chi connectivity index (χ0v) is 14.2. The summed E-state index contributed by atoms with van der Waals surface area (Å²) < 4.78 is 0. The van der Waals surface area contributed by atoms with Crippen molar-refractivity contribution in [3.8, 4) is 0 Å². The monoisotopic (exact) mass is 301 g/mol. The molecule has 3 heteroatoms. The third-order valence-electron chi connectivity index (χ3n) is 4.60. The Balaban J connectivity index is 2.00. The fraction of sp³-hybridized carbons (Fsp3) is 0.579. The van der Waals surface area contributed by atoms with Crippen molar-refractivity contribution in [2.24, 2.45) is 5.92 Å². The first-order valence-corrected chi connectivity index (χ1v) is 8.65. The number of hydrogen-bond donors (Lipinski definition) is 2. The molecule has 0 bridgehead atoms. The van der Waals surface area contributed by atoms with Gasteiger partial charge in [-0.3, -0.25) is 0 Å². The van der Waals surface area contributed by atoms with Crippen LogP contribution in [0.15, 0.2) is 24.8 Å². The molecule has 0 saturated carbocycles. The Labute approximate surface area is 135 Å². The van der Waals surface area contributed by atoms with Crippen molar-refractivity contribution in [2.45, 2.75) is 39.5 Å². The maximum Gasteiger partial charge on any atom is 0.0368 e. The summed E-state index contributed by atoms with van der Waals surface area (Å²) >= 11 is 0. The zero-order valence-electron chi connectivity index (χ0n) is 14.2. The summed E-state index contributed by atoms with van der Waals surface area (Å²) in [7, 11) is 0. The van der Waals surface area contributed by atoms with Crippen molar-refractivity contribution in [3.63, 3.8) is 0 Å². The Kier molecular flexibility index (Phi) is 6.32. The van der Waals surface area contributed by atoms with Gasteiger partial charge in [0.15, 0.2) is 0 Å². The van der Waals surface area contributed by atoms with Crippen LogP contribution in [-0.2, 0) is 6.42 Å². The molecule has 1 fully saturated rings. The molecule has 0 aromatic heterocycles. The number of rotatable bonds is 7. The maximum atomic E-state index is 6.29. The van der Waals surface area contributed by atoms with Gasteiger partial charge in [-0.25, -0.2) is 0 Å². The van der Waals surface area contributed by atoms with Gasteiger partial charge in [-0.1, -0.05) is 51.8 Å². The van der Waals surface area contributed by atoms with Crippen LogP contribution in [0.5, 0.6) is 0 Å². The number of hydrogen-bond acceptors (Lipinski definition) is 3. The van der Waals surface area contributed by atoms with Crippen molar-refractivity contribution in [1.29, 1.82) is 0 Å². The first kappa shape index (κ1) is 16.9. The van der Waals surface area contributed by atoms with Crippen LogP contribution in [-0.4, -0.2) is 31.1 Å². The standard InChI is InChI=1S/C19H31N3/c1-4-5-6-15(2)13-18-8-7-17(14-19(18)20)16(3)22-11-9-21-10-12-22/h7-8,14-15,21H,3-6,9-13,20H2,1-2H3. The third kappa shape index (κ3) is 4.51. The fourth-order valence-electron chi connectivity index (χ4n) is 3.11. The molecule has 3 nitrogen and oxygen atoms in total. The largest absolute Gasteiger partial charge is 0.398 e. The number of anilines is 1. The highest BCUT2D eigenvalue weighted by atomic mass is 15.2. The van der Waals surface area contributed by atoms with Crippen molar-refractivity contribution < 1.29 is 0 Å². The number of nitrogens with two attached hydrogens (primary N) is 1. The number of nitrogen functional groups attached to an aromatic ring is 1. The summed E-state index contributed by atoms with van der Waals surface area (Å²) in [5.74, 6) is 0.699. The fourth-order valence-corrected chi connectivity index (χ4v) is 3.11. The summed E-state index contributed by atoms with van der Waals surface area (Å²) in [6.45, 7) is 12.9. The molecule has 1 saturated heterocycles. The summed E-state index contributed by atoms with van der Waals surface area (Å²) in [4.78, 5) is 2.34. The van der Waals surface area contributed by atoms with Gasteiger partial charge >= 0.3 is 0 Å². The minimum Gasteiger partial charge on any atom is -0.398 e. The minimum absolute atomic E-state index is 0.699. The average Bonchev–Trinajstić information content (AvgIpc) is 2.55. The highest BCUT2D eigenvalue weighted by Gasteiger charge is 2.14. The van der Waals surface area contributed by atoms with Crippen LogP contribution in [0.4, 0.5) is 5.69 Å². The molecule has 2 rings (SSSR count).